The highest BCUT2D eigenvalue weighted by Gasteiger charge is 2.42. The minimum absolute atomic E-state index is 0.223. The highest BCUT2D eigenvalue weighted by molar-refractivity contribution is 6.33. The van der Waals surface area contributed by atoms with Gasteiger partial charge in [0.25, 0.3) is 0 Å². The molecule has 8 heteroatoms. The lowest BCUT2D eigenvalue weighted by molar-refractivity contribution is 0.161. The van der Waals surface area contributed by atoms with E-state index in [1.165, 1.54) is 0 Å². The molecule has 0 aliphatic heterocycles. The van der Waals surface area contributed by atoms with Gasteiger partial charge in [-0.25, -0.2) is 9.97 Å². The highest BCUT2D eigenvalue weighted by atomic mass is 35.5. The molecule has 2 fully saturated rings. The number of hydrogen-bond acceptors (Lipinski definition) is 7. The average Bonchev–Trinajstić information content (AvgIpc) is 3.61. The van der Waals surface area contributed by atoms with Crippen LogP contribution in [0.2, 0.25) is 5.02 Å². The normalized spacial score (nSPS) is 22.2. The minimum Gasteiger partial charge on any atom is -0.383 e. The molecule has 33 heavy (non-hydrogen) atoms. The summed E-state index contributed by atoms with van der Waals surface area (Å²) >= 11 is 6.49. The first-order valence-corrected chi connectivity index (χ1v) is 12.2. The minimum atomic E-state index is -0.223. The second-order valence-electron chi connectivity index (χ2n) is 9.42. The Hall–Kier alpha value is -2.40. The van der Waals surface area contributed by atoms with E-state index in [-0.39, 0.29) is 5.41 Å². The van der Waals surface area contributed by atoms with Crippen molar-refractivity contribution in [2.75, 3.05) is 30.9 Å². The van der Waals surface area contributed by atoms with Crippen LogP contribution in [0.25, 0.3) is 11.3 Å². The average molecular weight is 469 g/mol. The first kappa shape index (κ1) is 23.7. The molecular weight excluding hydrogens is 436 g/mol. The molecule has 0 aromatic carbocycles. The van der Waals surface area contributed by atoms with E-state index in [9.17, 15) is 5.26 Å². The number of anilines is 2. The molecule has 3 N–H and O–H groups in total. The van der Waals surface area contributed by atoms with E-state index in [2.05, 4.69) is 33.9 Å². The van der Waals surface area contributed by atoms with E-state index in [1.54, 1.807) is 13.3 Å². The molecular formula is C25H33ClN6O. The summed E-state index contributed by atoms with van der Waals surface area (Å²) in [6.45, 7) is 3.53. The largest absolute Gasteiger partial charge is 0.383 e. The van der Waals surface area contributed by atoms with Gasteiger partial charge in [-0.15, -0.1) is 0 Å². The summed E-state index contributed by atoms with van der Waals surface area (Å²) in [6.07, 6.45) is 8.04. The molecule has 0 bridgehead atoms. The number of rotatable bonds is 10. The van der Waals surface area contributed by atoms with Crippen LogP contribution in [0, 0.1) is 16.7 Å². The highest BCUT2D eigenvalue weighted by Crippen LogP contribution is 2.44. The Morgan fingerprint density at radius 3 is 2.67 bits per heavy atom. The SMILES string of the molecule is COC[C@@H](C)NC1CCC(Nc2cc(-c3cccc(NCC4(C#N)CC4)n3)c(Cl)cn2)CC1. The molecule has 0 amide bonds. The summed E-state index contributed by atoms with van der Waals surface area (Å²) in [5.74, 6) is 1.57. The van der Waals surface area contributed by atoms with Crippen LogP contribution in [0.3, 0.4) is 0 Å². The standard InChI is InChI=1S/C25H33ClN6O/c1-17(14-33-2)30-18-6-8-19(9-7-18)31-24-12-20(21(26)13-28-24)22-4-3-5-23(32-22)29-16-25(15-27)10-11-25/h3-5,12-13,17-19,30H,6-11,14,16H2,1-2H3,(H,28,31)(H,29,32)/t17-,18?,19?/m1/s1. The molecule has 2 heterocycles. The first-order chi connectivity index (χ1) is 16.0. The van der Waals surface area contributed by atoms with Crippen LogP contribution in [0.5, 0.6) is 0 Å². The molecule has 2 aromatic rings. The second-order valence-corrected chi connectivity index (χ2v) is 9.83. The summed E-state index contributed by atoms with van der Waals surface area (Å²) < 4.78 is 5.23. The number of nitrogens with one attached hydrogen (secondary N) is 3. The zero-order valence-corrected chi connectivity index (χ0v) is 20.2. The number of aromatic nitrogens is 2. The number of ether oxygens (including phenoxy) is 1. The topological polar surface area (TPSA) is 94.9 Å². The van der Waals surface area contributed by atoms with Crippen LogP contribution < -0.4 is 16.0 Å². The maximum absolute atomic E-state index is 9.29. The van der Waals surface area contributed by atoms with Crippen LogP contribution in [0.4, 0.5) is 11.6 Å². The van der Waals surface area contributed by atoms with Gasteiger partial charge in [0.2, 0.25) is 0 Å². The molecule has 2 aliphatic carbocycles. The van der Waals surface area contributed by atoms with Gasteiger partial charge in [0.05, 0.1) is 28.8 Å². The fraction of sp³-hybridized carbons (Fsp3) is 0.560. The van der Waals surface area contributed by atoms with Crippen LogP contribution in [-0.2, 0) is 4.74 Å². The van der Waals surface area contributed by atoms with Crippen molar-refractivity contribution in [1.82, 2.24) is 15.3 Å². The molecule has 176 valence electrons. The Morgan fingerprint density at radius 1 is 1.21 bits per heavy atom. The van der Waals surface area contributed by atoms with Crippen molar-refractivity contribution >= 4 is 23.2 Å². The second kappa shape index (κ2) is 10.7. The van der Waals surface area contributed by atoms with Crippen molar-refractivity contribution in [3.05, 3.63) is 35.5 Å². The van der Waals surface area contributed by atoms with Gasteiger partial charge in [-0.05, 0) is 63.6 Å². The Morgan fingerprint density at radius 2 is 1.97 bits per heavy atom. The number of pyridine rings is 2. The summed E-state index contributed by atoms with van der Waals surface area (Å²) in [4.78, 5) is 9.24. The lowest BCUT2D eigenvalue weighted by Gasteiger charge is -2.31. The van der Waals surface area contributed by atoms with Gasteiger partial charge in [-0.2, -0.15) is 5.26 Å². The van der Waals surface area contributed by atoms with Crippen LogP contribution in [0.15, 0.2) is 30.5 Å². The van der Waals surface area contributed by atoms with Gasteiger partial charge in [0.15, 0.2) is 0 Å². The molecule has 1 atom stereocenters. The first-order valence-electron chi connectivity index (χ1n) is 11.8. The van der Waals surface area contributed by atoms with Crippen LogP contribution >= 0.6 is 11.6 Å². The maximum Gasteiger partial charge on any atom is 0.126 e. The molecule has 0 unspecified atom stereocenters. The molecule has 2 aliphatic rings. The number of nitrogens with zero attached hydrogens (tertiary/aromatic N) is 3. The van der Waals surface area contributed by atoms with E-state index < -0.39 is 0 Å². The molecule has 7 nitrogen and oxygen atoms in total. The van der Waals surface area contributed by atoms with Crippen molar-refractivity contribution < 1.29 is 4.74 Å². The van der Waals surface area contributed by atoms with E-state index in [0.29, 0.717) is 29.7 Å². The number of methoxy groups -OCH3 is 1. The summed E-state index contributed by atoms with van der Waals surface area (Å²) in [7, 11) is 1.74. The maximum atomic E-state index is 9.29. The van der Waals surface area contributed by atoms with Crippen molar-refractivity contribution in [1.29, 1.82) is 5.26 Å². The Labute approximate surface area is 201 Å². The van der Waals surface area contributed by atoms with Crippen molar-refractivity contribution in [3.63, 3.8) is 0 Å². The zero-order chi connectivity index (χ0) is 23.3. The molecule has 0 radical (unpaired) electrons. The molecule has 0 spiro atoms. The van der Waals surface area contributed by atoms with Gasteiger partial charge in [0.1, 0.15) is 11.6 Å². The lowest BCUT2D eigenvalue weighted by atomic mass is 9.90. The van der Waals surface area contributed by atoms with Gasteiger partial charge in [-0.1, -0.05) is 17.7 Å². The van der Waals surface area contributed by atoms with Crippen LogP contribution in [0.1, 0.15) is 45.4 Å². The predicted molar refractivity (Wildman–Crippen MR) is 132 cm³/mol. The molecule has 2 saturated carbocycles. The van der Waals surface area contributed by atoms with Crippen molar-refractivity contribution in [2.45, 2.75) is 63.6 Å². The van der Waals surface area contributed by atoms with Crippen molar-refractivity contribution in [2.24, 2.45) is 5.41 Å². The smallest absolute Gasteiger partial charge is 0.126 e. The van der Waals surface area contributed by atoms with E-state index in [1.807, 2.05) is 24.3 Å². The summed E-state index contributed by atoms with van der Waals surface area (Å²) in [6, 6.07) is 11.5. The number of halogens is 1. The predicted octanol–water partition coefficient (Wildman–Crippen LogP) is 4.86. The van der Waals surface area contributed by atoms with Gasteiger partial charge < -0.3 is 20.7 Å². The van der Waals surface area contributed by atoms with Gasteiger partial charge in [-0.3, -0.25) is 0 Å². The van der Waals surface area contributed by atoms with Crippen LogP contribution in [-0.4, -0.2) is 48.4 Å². The third kappa shape index (κ3) is 6.35. The fourth-order valence-electron chi connectivity index (χ4n) is 4.45. The zero-order valence-electron chi connectivity index (χ0n) is 19.4. The Bertz CT molecular complexity index is 981. The number of nitriles is 1. The molecule has 4 rings (SSSR count). The van der Waals surface area contributed by atoms with Crippen molar-refractivity contribution in [3.8, 4) is 17.3 Å². The molecule has 2 aromatic heterocycles. The van der Waals surface area contributed by atoms with Gasteiger partial charge >= 0.3 is 0 Å². The summed E-state index contributed by atoms with van der Waals surface area (Å²) in [5.41, 5.74) is 1.42. The number of hydrogen-bond donors (Lipinski definition) is 3. The van der Waals surface area contributed by atoms with E-state index in [0.717, 1.165) is 68.0 Å². The fourth-order valence-corrected chi connectivity index (χ4v) is 4.65. The monoisotopic (exact) mass is 468 g/mol. The van der Waals surface area contributed by atoms with E-state index >= 15 is 0 Å². The Balaban J connectivity index is 1.37. The Kier molecular flexibility index (Phi) is 7.69. The lowest BCUT2D eigenvalue weighted by Crippen LogP contribution is -2.42. The summed E-state index contributed by atoms with van der Waals surface area (Å²) in [5, 5.41) is 20.4. The molecule has 0 saturated heterocycles. The van der Waals surface area contributed by atoms with E-state index in [4.69, 9.17) is 21.3 Å². The van der Waals surface area contributed by atoms with Gasteiger partial charge in [0, 0.05) is 43.5 Å². The third-order valence-electron chi connectivity index (χ3n) is 6.60. The quantitative estimate of drug-likeness (QED) is 0.458. The third-order valence-corrected chi connectivity index (χ3v) is 6.90.